The molecule has 0 heterocycles. The zero-order valence-corrected chi connectivity index (χ0v) is 7.59. The topological polar surface area (TPSA) is 23.8 Å². The summed E-state index contributed by atoms with van der Waals surface area (Å²) in [6, 6.07) is 2.35. The Kier molecular flexibility index (Phi) is 1.72. The highest BCUT2D eigenvalue weighted by Crippen LogP contribution is 2.55. The van der Waals surface area contributed by atoms with Crippen molar-refractivity contribution in [1.29, 1.82) is 5.26 Å². The average molecular weight is 161 g/mol. The van der Waals surface area contributed by atoms with E-state index in [0.29, 0.717) is 11.3 Å². The van der Waals surface area contributed by atoms with Gasteiger partial charge in [0.15, 0.2) is 0 Å². The van der Waals surface area contributed by atoms with Crippen LogP contribution >= 0.6 is 0 Å². The molecule has 0 aromatic carbocycles. The molecule has 0 amide bonds. The summed E-state index contributed by atoms with van der Waals surface area (Å²) in [5.41, 5.74) is 0.355. The summed E-state index contributed by atoms with van der Waals surface area (Å²) in [4.78, 5) is 0. The van der Waals surface area contributed by atoms with Gasteiger partial charge in [-0.1, -0.05) is 19.1 Å². The minimum Gasteiger partial charge on any atom is -0.198 e. The summed E-state index contributed by atoms with van der Waals surface area (Å²) in [5.74, 6) is 1.51. The van der Waals surface area contributed by atoms with Crippen molar-refractivity contribution in [3.05, 3.63) is 12.2 Å². The van der Waals surface area contributed by atoms with Crippen LogP contribution in [0.3, 0.4) is 0 Å². The smallest absolute Gasteiger partial charge is 0.0627 e. The van der Waals surface area contributed by atoms with Crippen molar-refractivity contribution in [3.8, 4) is 6.07 Å². The van der Waals surface area contributed by atoms with Crippen LogP contribution in [0.2, 0.25) is 0 Å². The second kappa shape index (κ2) is 2.62. The van der Waals surface area contributed by atoms with Crippen LogP contribution in [0, 0.1) is 28.6 Å². The van der Waals surface area contributed by atoms with Crippen LogP contribution in [-0.2, 0) is 0 Å². The van der Waals surface area contributed by atoms with Gasteiger partial charge < -0.3 is 0 Å². The van der Waals surface area contributed by atoms with Crippen LogP contribution in [0.4, 0.5) is 0 Å². The van der Waals surface area contributed by atoms with Crippen LogP contribution in [-0.4, -0.2) is 0 Å². The van der Waals surface area contributed by atoms with E-state index in [4.69, 9.17) is 5.26 Å². The van der Waals surface area contributed by atoms with E-state index in [9.17, 15) is 0 Å². The Balaban J connectivity index is 2.21. The first-order chi connectivity index (χ1) is 5.80. The predicted molar refractivity (Wildman–Crippen MR) is 48.3 cm³/mol. The first-order valence-electron chi connectivity index (χ1n) is 4.86. The maximum atomic E-state index is 8.78. The minimum atomic E-state index is 0.355. The van der Waals surface area contributed by atoms with Crippen molar-refractivity contribution < 1.29 is 0 Å². The zero-order valence-electron chi connectivity index (χ0n) is 7.59. The SMILES string of the molecule is CCC1(CC#N)CC2C=CC1C2. The first kappa shape index (κ1) is 7.86. The summed E-state index contributed by atoms with van der Waals surface area (Å²) in [6.07, 6.45) is 9.19. The molecule has 0 N–H and O–H groups in total. The molecule has 1 nitrogen and oxygen atoms in total. The van der Waals surface area contributed by atoms with Crippen molar-refractivity contribution in [2.75, 3.05) is 0 Å². The van der Waals surface area contributed by atoms with E-state index in [0.717, 1.165) is 12.3 Å². The van der Waals surface area contributed by atoms with Gasteiger partial charge in [-0.3, -0.25) is 0 Å². The molecular formula is C11H15N. The molecule has 64 valence electrons. The third kappa shape index (κ3) is 0.909. The molecule has 0 radical (unpaired) electrons. The summed E-state index contributed by atoms with van der Waals surface area (Å²) < 4.78 is 0. The molecule has 3 unspecified atom stereocenters. The van der Waals surface area contributed by atoms with Crippen LogP contribution < -0.4 is 0 Å². The van der Waals surface area contributed by atoms with Gasteiger partial charge in [0.25, 0.3) is 0 Å². The Morgan fingerprint density at radius 2 is 2.42 bits per heavy atom. The number of rotatable bonds is 2. The van der Waals surface area contributed by atoms with E-state index < -0.39 is 0 Å². The van der Waals surface area contributed by atoms with Crippen molar-refractivity contribution in [3.63, 3.8) is 0 Å². The zero-order chi connectivity index (χ0) is 8.60. The molecule has 0 saturated heterocycles. The highest BCUT2D eigenvalue weighted by atomic mass is 14.5. The average Bonchev–Trinajstić information content (AvgIpc) is 2.64. The lowest BCUT2D eigenvalue weighted by atomic mass is 9.72. The summed E-state index contributed by atoms with van der Waals surface area (Å²) in [7, 11) is 0. The van der Waals surface area contributed by atoms with E-state index >= 15 is 0 Å². The Morgan fingerprint density at radius 1 is 1.58 bits per heavy atom. The van der Waals surface area contributed by atoms with E-state index in [1.54, 1.807) is 0 Å². The maximum Gasteiger partial charge on any atom is 0.0627 e. The fourth-order valence-electron chi connectivity index (χ4n) is 2.95. The number of fused-ring (bicyclic) bond motifs is 2. The summed E-state index contributed by atoms with van der Waals surface area (Å²) in [6.45, 7) is 2.23. The van der Waals surface area contributed by atoms with E-state index in [-0.39, 0.29) is 0 Å². The molecule has 2 aliphatic rings. The van der Waals surface area contributed by atoms with Gasteiger partial charge in [-0.05, 0) is 36.5 Å². The van der Waals surface area contributed by atoms with Crippen molar-refractivity contribution in [2.24, 2.45) is 17.3 Å². The van der Waals surface area contributed by atoms with Crippen LogP contribution in [0.1, 0.15) is 32.6 Å². The van der Waals surface area contributed by atoms with E-state index in [1.165, 1.54) is 19.3 Å². The van der Waals surface area contributed by atoms with Gasteiger partial charge >= 0.3 is 0 Å². The standard InChI is InChI=1S/C11H15N/c1-2-11(5-6-12)8-9-3-4-10(11)7-9/h3-4,9-10H,2,5,7-8H2,1H3. The van der Waals surface area contributed by atoms with Gasteiger partial charge in [-0.15, -0.1) is 0 Å². The lowest BCUT2D eigenvalue weighted by Crippen LogP contribution is -2.24. The van der Waals surface area contributed by atoms with Crippen LogP contribution in [0.15, 0.2) is 12.2 Å². The molecule has 0 aromatic rings. The van der Waals surface area contributed by atoms with Gasteiger partial charge in [0, 0.05) is 6.42 Å². The van der Waals surface area contributed by atoms with Crippen LogP contribution in [0.25, 0.3) is 0 Å². The quantitative estimate of drug-likeness (QED) is 0.571. The molecule has 1 saturated carbocycles. The minimum absolute atomic E-state index is 0.355. The fourth-order valence-corrected chi connectivity index (χ4v) is 2.95. The third-order valence-corrected chi connectivity index (χ3v) is 3.76. The molecular weight excluding hydrogens is 146 g/mol. The van der Waals surface area contributed by atoms with Gasteiger partial charge in [0.05, 0.1) is 6.07 Å². The van der Waals surface area contributed by atoms with Gasteiger partial charge in [-0.2, -0.15) is 5.26 Å². The number of hydrogen-bond acceptors (Lipinski definition) is 1. The molecule has 12 heavy (non-hydrogen) atoms. The molecule has 2 bridgehead atoms. The molecule has 3 atom stereocenters. The second-order valence-corrected chi connectivity index (χ2v) is 4.24. The van der Waals surface area contributed by atoms with Gasteiger partial charge in [0.1, 0.15) is 0 Å². The van der Waals surface area contributed by atoms with E-state index in [1.807, 2.05) is 0 Å². The van der Waals surface area contributed by atoms with Gasteiger partial charge in [0.2, 0.25) is 0 Å². The molecule has 1 heteroatoms. The lowest BCUT2D eigenvalue weighted by molar-refractivity contribution is 0.225. The summed E-state index contributed by atoms with van der Waals surface area (Å²) in [5, 5.41) is 8.78. The highest BCUT2D eigenvalue weighted by molar-refractivity contribution is 5.16. The first-order valence-corrected chi connectivity index (χ1v) is 4.86. The number of hydrogen-bond donors (Lipinski definition) is 0. The molecule has 2 aliphatic carbocycles. The van der Waals surface area contributed by atoms with Crippen LogP contribution in [0.5, 0.6) is 0 Å². The van der Waals surface area contributed by atoms with E-state index in [2.05, 4.69) is 25.1 Å². The molecule has 0 aromatic heterocycles. The van der Waals surface area contributed by atoms with Crippen molar-refractivity contribution >= 4 is 0 Å². The lowest BCUT2D eigenvalue weighted by Gasteiger charge is -2.32. The monoisotopic (exact) mass is 161 g/mol. The molecule has 1 fully saturated rings. The third-order valence-electron chi connectivity index (χ3n) is 3.76. The Bertz CT molecular complexity index is 248. The summed E-state index contributed by atoms with van der Waals surface area (Å²) >= 11 is 0. The highest BCUT2D eigenvalue weighted by Gasteiger charge is 2.46. The molecule has 2 rings (SSSR count). The molecule has 0 spiro atoms. The number of allylic oxidation sites excluding steroid dienone is 2. The Morgan fingerprint density at radius 3 is 2.83 bits per heavy atom. The molecule has 0 aliphatic heterocycles. The number of nitrogens with zero attached hydrogens (tertiary/aromatic N) is 1. The number of nitriles is 1. The Hall–Kier alpha value is -0.770. The van der Waals surface area contributed by atoms with Gasteiger partial charge in [-0.25, -0.2) is 0 Å². The van der Waals surface area contributed by atoms with Crippen molar-refractivity contribution in [2.45, 2.75) is 32.6 Å². The fraction of sp³-hybridized carbons (Fsp3) is 0.727. The maximum absolute atomic E-state index is 8.78. The van der Waals surface area contributed by atoms with Crippen molar-refractivity contribution in [1.82, 2.24) is 0 Å². The normalized spacial score (nSPS) is 43.3. The Labute approximate surface area is 74.1 Å². The predicted octanol–water partition coefficient (Wildman–Crippen LogP) is 2.89. The largest absolute Gasteiger partial charge is 0.198 e. The second-order valence-electron chi connectivity index (χ2n) is 4.24.